The third-order valence-electron chi connectivity index (χ3n) is 4.00. The Labute approximate surface area is 164 Å². The van der Waals surface area contributed by atoms with Gasteiger partial charge in [-0.05, 0) is 45.0 Å². The van der Waals surface area contributed by atoms with E-state index in [9.17, 15) is 0 Å². The van der Waals surface area contributed by atoms with E-state index in [1.807, 2.05) is 19.9 Å². The molecule has 0 aliphatic carbocycles. The van der Waals surface area contributed by atoms with E-state index in [-0.39, 0.29) is 0 Å². The van der Waals surface area contributed by atoms with Crippen LogP contribution in [0.5, 0.6) is 11.5 Å². The van der Waals surface area contributed by atoms with Crippen molar-refractivity contribution in [3.05, 3.63) is 23.8 Å². The SMILES string of the molecule is CCOc1ccc(CCNC(=NC)NCCN(C)CCOC)cc1OCC. The van der Waals surface area contributed by atoms with Crippen molar-refractivity contribution < 1.29 is 14.2 Å². The maximum absolute atomic E-state index is 5.69. The topological polar surface area (TPSA) is 67.4 Å². The highest BCUT2D eigenvalue weighted by Crippen LogP contribution is 2.28. The van der Waals surface area contributed by atoms with E-state index in [0.717, 1.165) is 56.7 Å². The molecule has 0 heterocycles. The summed E-state index contributed by atoms with van der Waals surface area (Å²) in [5.41, 5.74) is 1.20. The third-order valence-corrected chi connectivity index (χ3v) is 4.00. The Kier molecular flexibility index (Phi) is 12.1. The van der Waals surface area contributed by atoms with Crippen molar-refractivity contribution in [2.45, 2.75) is 20.3 Å². The fraction of sp³-hybridized carbons (Fsp3) is 0.650. The minimum atomic E-state index is 0.622. The van der Waals surface area contributed by atoms with E-state index in [1.165, 1.54) is 5.56 Å². The number of hydrogen-bond donors (Lipinski definition) is 2. The zero-order valence-corrected chi connectivity index (χ0v) is 17.5. The molecule has 154 valence electrons. The van der Waals surface area contributed by atoms with Gasteiger partial charge >= 0.3 is 0 Å². The van der Waals surface area contributed by atoms with Crippen LogP contribution in [-0.2, 0) is 11.2 Å². The summed E-state index contributed by atoms with van der Waals surface area (Å²) in [5, 5.41) is 6.68. The van der Waals surface area contributed by atoms with E-state index in [0.29, 0.717) is 13.2 Å². The number of nitrogens with zero attached hydrogens (tertiary/aromatic N) is 2. The van der Waals surface area contributed by atoms with Gasteiger partial charge in [0.05, 0.1) is 19.8 Å². The number of hydrogen-bond acceptors (Lipinski definition) is 5. The number of aliphatic imine (C=N–C) groups is 1. The van der Waals surface area contributed by atoms with Gasteiger partial charge in [-0.1, -0.05) is 6.07 Å². The lowest BCUT2D eigenvalue weighted by atomic mass is 10.1. The molecule has 0 aliphatic heterocycles. The molecule has 0 saturated heterocycles. The monoisotopic (exact) mass is 380 g/mol. The maximum atomic E-state index is 5.69. The first-order chi connectivity index (χ1) is 13.1. The number of ether oxygens (including phenoxy) is 3. The van der Waals surface area contributed by atoms with Crippen LogP contribution in [0.4, 0.5) is 0 Å². The Hall–Kier alpha value is -1.99. The molecule has 0 unspecified atom stereocenters. The zero-order chi connectivity index (χ0) is 19.9. The lowest BCUT2D eigenvalue weighted by molar-refractivity contribution is 0.162. The highest BCUT2D eigenvalue weighted by molar-refractivity contribution is 5.79. The first-order valence-corrected chi connectivity index (χ1v) is 9.65. The fourth-order valence-corrected chi connectivity index (χ4v) is 2.52. The Bertz CT molecular complexity index is 552. The summed E-state index contributed by atoms with van der Waals surface area (Å²) >= 11 is 0. The Morgan fingerprint density at radius 3 is 2.41 bits per heavy atom. The lowest BCUT2D eigenvalue weighted by Gasteiger charge is -2.18. The number of benzene rings is 1. The number of guanidine groups is 1. The largest absolute Gasteiger partial charge is 0.490 e. The molecule has 0 atom stereocenters. The highest BCUT2D eigenvalue weighted by Gasteiger charge is 2.06. The van der Waals surface area contributed by atoms with Crippen LogP contribution >= 0.6 is 0 Å². The van der Waals surface area contributed by atoms with Crippen molar-refractivity contribution in [1.29, 1.82) is 0 Å². The molecule has 0 saturated carbocycles. The summed E-state index contributed by atoms with van der Waals surface area (Å²) in [4.78, 5) is 6.49. The Morgan fingerprint density at radius 2 is 1.74 bits per heavy atom. The summed E-state index contributed by atoms with van der Waals surface area (Å²) in [7, 11) is 5.59. The van der Waals surface area contributed by atoms with E-state index in [4.69, 9.17) is 14.2 Å². The third kappa shape index (κ3) is 9.49. The maximum Gasteiger partial charge on any atom is 0.191 e. The molecule has 0 spiro atoms. The summed E-state index contributed by atoms with van der Waals surface area (Å²) in [5.74, 6) is 2.41. The van der Waals surface area contributed by atoms with E-state index in [2.05, 4.69) is 39.7 Å². The molecule has 1 aromatic carbocycles. The second-order valence-corrected chi connectivity index (χ2v) is 6.12. The smallest absolute Gasteiger partial charge is 0.191 e. The molecule has 0 aliphatic rings. The molecule has 1 aromatic rings. The average molecular weight is 381 g/mol. The Morgan fingerprint density at radius 1 is 1.04 bits per heavy atom. The number of nitrogens with one attached hydrogen (secondary N) is 2. The lowest BCUT2D eigenvalue weighted by Crippen LogP contribution is -2.42. The van der Waals surface area contributed by atoms with Crippen LogP contribution in [-0.4, -0.2) is 78.1 Å². The second kappa shape index (κ2) is 14.1. The summed E-state index contributed by atoms with van der Waals surface area (Å²) < 4.78 is 16.4. The quantitative estimate of drug-likeness (QED) is 0.402. The molecular formula is C20H36N4O3. The molecule has 0 bridgehead atoms. The molecule has 0 aromatic heterocycles. The fourth-order valence-electron chi connectivity index (χ4n) is 2.52. The van der Waals surface area contributed by atoms with Crippen molar-refractivity contribution in [2.75, 3.05) is 67.2 Å². The molecule has 7 nitrogen and oxygen atoms in total. The summed E-state index contributed by atoms with van der Waals surface area (Å²) in [6.45, 7) is 9.42. The van der Waals surface area contributed by atoms with Crippen molar-refractivity contribution in [3.8, 4) is 11.5 Å². The van der Waals surface area contributed by atoms with Crippen LogP contribution in [0.15, 0.2) is 23.2 Å². The van der Waals surface area contributed by atoms with Crippen LogP contribution in [0.25, 0.3) is 0 Å². The number of methoxy groups -OCH3 is 1. The molecule has 7 heteroatoms. The first-order valence-electron chi connectivity index (χ1n) is 9.65. The molecule has 0 fully saturated rings. The van der Waals surface area contributed by atoms with Crippen LogP contribution < -0.4 is 20.1 Å². The van der Waals surface area contributed by atoms with Crippen LogP contribution in [0.3, 0.4) is 0 Å². The summed E-state index contributed by atoms with van der Waals surface area (Å²) in [6, 6.07) is 6.11. The molecule has 0 amide bonds. The van der Waals surface area contributed by atoms with E-state index < -0.39 is 0 Å². The van der Waals surface area contributed by atoms with Crippen molar-refractivity contribution in [3.63, 3.8) is 0 Å². The molecule has 2 N–H and O–H groups in total. The number of likely N-dealkylation sites (N-methyl/N-ethyl adjacent to an activating group) is 1. The van der Waals surface area contributed by atoms with Gasteiger partial charge in [0, 0.05) is 40.3 Å². The van der Waals surface area contributed by atoms with Gasteiger partial charge in [0.25, 0.3) is 0 Å². The van der Waals surface area contributed by atoms with Gasteiger partial charge < -0.3 is 29.7 Å². The predicted octanol–water partition coefficient (Wildman–Crippen LogP) is 1.77. The summed E-state index contributed by atoms with van der Waals surface area (Å²) in [6.07, 6.45) is 0.876. The average Bonchev–Trinajstić information content (AvgIpc) is 2.67. The van der Waals surface area contributed by atoms with Crippen LogP contribution in [0.1, 0.15) is 19.4 Å². The van der Waals surface area contributed by atoms with Gasteiger partial charge in [-0.2, -0.15) is 0 Å². The van der Waals surface area contributed by atoms with Gasteiger partial charge in [-0.25, -0.2) is 0 Å². The van der Waals surface area contributed by atoms with E-state index >= 15 is 0 Å². The van der Waals surface area contributed by atoms with Crippen molar-refractivity contribution >= 4 is 5.96 Å². The minimum Gasteiger partial charge on any atom is -0.490 e. The van der Waals surface area contributed by atoms with E-state index in [1.54, 1.807) is 14.2 Å². The molecule has 27 heavy (non-hydrogen) atoms. The molecule has 1 rings (SSSR count). The normalized spacial score (nSPS) is 11.6. The van der Waals surface area contributed by atoms with Gasteiger partial charge in [0.15, 0.2) is 17.5 Å². The second-order valence-electron chi connectivity index (χ2n) is 6.12. The standard InChI is InChI=1S/C20H36N4O3/c1-6-26-18-9-8-17(16-19(18)27-7-2)10-11-22-20(21-3)23-12-13-24(4)14-15-25-5/h8-9,16H,6-7,10-15H2,1-5H3,(H2,21,22,23). The van der Waals surface area contributed by atoms with Crippen LogP contribution in [0.2, 0.25) is 0 Å². The van der Waals surface area contributed by atoms with Gasteiger partial charge in [-0.15, -0.1) is 0 Å². The molecule has 0 radical (unpaired) electrons. The van der Waals surface area contributed by atoms with Crippen molar-refractivity contribution in [2.24, 2.45) is 4.99 Å². The highest BCUT2D eigenvalue weighted by atomic mass is 16.5. The Balaban J connectivity index is 2.40. The predicted molar refractivity (Wildman–Crippen MR) is 111 cm³/mol. The molecular weight excluding hydrogens is 344 g/mol. The minimum absolute atomic E-state index is 0.622. The number of rotatable bonds is 13. The van der Waals surface area contributed by atoms with Gasteiger partial charge in [0.2, 0.25) is 0 Å². The van der Waals surface area contributed by atoms with Crippen molar-refractivity contribution in [1.82, 2.24) is 15.5 Å². The van der Waals surface area contributed by atoms with Gasteiger partial charge in [0.1, 0.15) is 0 Å². The zero-order valence-electron chi connectivity index (χ0n) is 17.5. The van der Waals surface area contributed by atoms with Crippen LogP contribution in [0, 0.1) is 0 Å². The first kappa shape index (κ1) is 23.0. The van der Waals surface area contributed by atoms with Gasteiger partial charge in [-0.3, -0.25) is 4.99 Å².